The second-order valence-electron chi connectivity index (χ2n) is 5.65. The molecule has 0 aromatic carbocycles. The van der Waals surface area contributed by atoms with Gasteiger partial charge in [-0.2, -0.15) is 5.10 Å². The minimum absolute atomic E-state index is 0.674. The predicted molar refractivity (Wildman–Crippen MR) is 82.6 cm³/mol. The van der Waals surface area contributed by atoms with Crippen molar-refractivity contribution in [2.45, 2.75) is 62.1 Å². The van der Waals surface area contributed by atoms with Gasteiger partial charge in [-0.05, 0) is 38.1 Å². The Morgan fingerprint density at radius 2 is 2.26 bits per heavy atom. The summed E-state index contributed by atoms with van der Waals surface area (Å²) >= 11 is 2.02. The van der Waals surface area contributed by atoms with Crippen molar-refractivity contribution in [3.8, 4) is 0 Å². The Morgan fingerprint density at radius 1 is 1.42 bits per heavy atom. The molecule has 1 saturated carbocycles. The van der Waals surface area contributed by atoms with Crippen molar-refractivity contribution < 1.29 is 0 Å². The maximum atomic E-state index is 4.28. The maximum absolute atomic E-state index is 4.28. The van der Waals surface area contributed by atoms with Gasteiger partial charge in [-0.1, -0.05) is 20.3 Å². The molecule has 0 spiro atoms. The number of nitrogens with zero attached hydrogens (tertiary/aromatic N) is 2. The van der Waals surface area contributed by atoms with E-state index in [9.17, 15) is 0 Å². The van der Waals surface area contributed by atoms with Gasteiger partial charge in [0.15, 0.2) is 0 Å². The summed E-state index contributed by atoms with van der Waals surface area (Å²) in [6, 6.07) is 0.674. The van der Waals surface area contributed by atoms with Crippen molar-refractivity contribution in [1.29, 1.82) is 0 Å². The number of aryl methyl sites for hydroxylation is 1. The first kappa shape index (κ1) is 14.9. The van der Waals surface area contributed by atoms with Crippen LogP contribution in [0.15, 0.2) is 17.3 Å². The minimum atomic E-state index is 0.674. The average Bonchev–Trinajstić information content (AvgIpc) is 2.82. The van der Waals surface area contributed by atoms with Gasteiger partial charge in [0, 0.05) is 29.4 Å². The molecular formula is C15H27N3S. The molecule has 108 valence electrons. The van der Waals surface area contributed by atoms with Crippen molar-refractivity contribution in [2.24, 2.45) is 13.0 Å². The number of rotatable bonds is 6. The molecule has 1 aromatic rings. The van der Waals surface area contributed by atoms with E-state index >= 15 is 0 Å². The highest BCUT2D eigenvalue weighted by Crippen LogP contribution is 2.37. The molecule has 1 N–H and O–H groups in total. The van der Waals surface area contributed by atoms with Crippen LogP contribution in [0.25, 0.3) is 0 Å². The molecule has 1 aliphatic carbocycles. The van der Waals surface area contributed by atoms with Crippen LogP contribution in [0, 0.1) is 5.92 Å². The zero-order valence-corrected chi connectivity index (χ0v) is 13.2. The van der Waals surface area contributed by atoms with Crippen LogP contribution in [0.5, 0.6) is 0 Å². The van der Waals surface area contributed by atoms with Crippen molar-refractivity contribution in [2.75, 3.05) is 6.54 Å². The Bertz CT molecular complexity index is 377. The van der Waals surface area contributed by atoms with E-state index in [-0.39, 0.29) is 0 Å². The van der Waals surface area contributed by atoms with Gasteiger partial charge < -0.3 is 5.32 Å². The molecule has 2 rings (SSSR count). The van der Waals surface area contributed by atoms with E-state index in [1.807, 2.05) is 29.7 Å². The minimum Gasteiger partial charge on any atom is -0.313 e. The molecule has 3 nitrogen and oxygen atoms in total. The van der Waals surface area contributed by atoms with Crippen LogP contribution in [0.3, 0.4) is 0 Å². The van der Waals surface area contributed by atoms with Gasteiger partial charge in [-0.25, -0.2) is 0 Å². The van der Waals surface area contributed by atoms with Crippen LogP contribution in [-0.4, -0.2) is 27.6 Å². The standard InChI is InChI=1S/C15H27N3S/c1-4-8-16-14-7-6-12(5-2)9-15(14)19-13-10-17-18(3)11-13/h10-12,14-16H,4-9H2,1-3H3. The Labute approximate surface area is 121 Å². The van der Waals surface area contributed by atoms with Gasteiger partial charge in [0.2, 0.25) is 0 Å². The maximum Gasteiger partial charge on any atom is 0.0625 e. The summed E-state index contributed by atoms with van der Waals surface area (Å²) in [6.07, 6.45) is 10.7. The summed E-state index contributed by atoms with van der Waals surface area (Å²) in [7, 11) is 1.99. The highest BCUT2D eigenvalue weighted by molar-refractivity contribution is 8.00. The molecule has 1 aliphatic rings. The summed E-state index contributed by atoms with van der Waals surface area (Å²) in [5, 5.41) is 8.73. The molecule has 3 atom stereocenters. The van der Waals surface area contributed by atoms with E-state index in [0.717, 1.165) is 12.5 Å². The van der Waals surface area contributed by atoms with Gasteiger partial charge in [0.1, 0.15) is 0 Å². The average molecular weight is 281 g/mol. The van der Waals surface area contributed by atoms with Crippen LogP contribution in [0.1, 0.15) is 46.0 Å². The lowest BCUT2D eigenvalue weighted by molar-refractivity contribution is 0.295. The van der Waals surface area contributed by atoms with Crippen LogP contribution in [-0.2, 0) is 7.05 Å². The largest absolute Gasteiger partial charge is 0.313 e. The molecule has 4 heteroatoms. The van der Waals surface area contributed by atoms with Crippen LogP contribution < -0.4 is 5.32 Å². The summed E-state index contributed by atoms with van der Waals surface area (Å²) in [5.41, 5.74) is 0. The second-order valence-corrected chi connectivity index (χ2v) is 6.97. The first-order valence-electron chi connectivity index (χ1n) is 7.61. The summed E-state index contributed by atoms with van der Waals surface area (Å²) in [6.45, 7) is 5.72. The van der Waals surface area contributed by atoms with Crippen molar-refractivity contribution in [3.63, 3.8) is 0 Å². The molecule has 1 fully saturated rings. The van der Waals surface area contributed by atoms with Crippen molar-refractivity contribution in [1.82, 2.24) is 15.1 Å². The van der Waals surface area contributed by atoms with E-state index < -0.39 is 0 Å². The Morgan fingerprint density at radius 3 is 2.89 bits per heavy atom. The van der Waals surface area contributed by atoms with Gasteiger partial charge >= 0.3 is 0 Å². The van der Waals surface area contributed by atoms with Gasteiger partial charge in [0.25, 0.3) is 0 Å². The van der Waals surface area contributed by atoms with E-state index in [0.29, 0.717) is 11.3 Å². The monoisotopic (exact) mass is 281 g/mol. The summed E-state index contributed by atoms with van der Waals surface area (Å²) in [4.78, 5) is 1.31. The first-order chi connectivity index (χ1) is 9.22. The molecule has 0 saturated heterocycles. The molecule has 0 aliphatic heterocycles. The number of hydrogen-bond acceptors (Lipinski definition) is 3. The number of aromatic nitrogens is 2. The van der Waals surface area contributed by atoms with Crippen molar-refractivity contribution >= 4 is 11.8 Å². The number of thioether (sulfide) groups is 1. The smallest absolute Gasteiger partial charge is 0.0625 e. The predicted octanol–water partition coefficient (Wildman–Crippen LogP) is 3.46. The molecule has 3 unspecified atom stereocenters. The van der Waals surface area contributed by atoms with E-state index in [2.05, 4.69) is 30.5 Å². The number of hydrogen-bond donors (Lipinski definition) is 1. The zero-order valence-electron chi connectivity index (χ0n) is 12.4. The summed E-state index contributed by atoms with van der Waals surface area (Å²) in [5.74, 6) is 0.911. The zero-order chi connectivity index (χ0) is 13.7. The molecular weight excluding hydrogens is 254 g/mol. The molecule has 19 heavy (non-hydrogen) atoms. The van der Waals surface area contributed by atoms with Gasteiger partial charge in [-0.3, -0.25) is 4.68 Å². The summed E-state index contributed by atoms with van der Waals surface area (Å²) < 4.78 is 1.90. The lowest BCUT2D eigenvalue weighted by Crippen LogP contribution is -2.42. The lowest BCUT2D eigenvalue weighted by atomic mass is 9.84. The fourth-order valence-electron chi connectivity index (χ4n) is 2.91. The topological polar surface area (TPSA) is 29.9 Å². The highest BCUT2D eigenvalue weighted by atomic mass is 32.2. The third kappa shape index (κ3) is 4.25. The molecule has 0 amide bonds. The first-order valence-corrected chi connectivity index (χ1v) is 8.49. The van der Waals surface area contributed by atoms with Gasteiger partial charge in [0.05, 0.1) is 6.20 Å². The van der Waals surface area contributed by atoms with Crippen LogP contribution in [0.4, 0.5) is 0 Å². The highest BCUT2D eigenvalue weighted by Gasteiger charge is 2.30. The second kappa shape index (κ2) is 7.34. The van der Waals surface area contributed by atoms with Crippen LogP contribution >= 0.6 is 11.8 Å². The Hall–Kier alpha value is -0.480. The normalized spacial score (nSPS) is 27.6. The SMILES string of the molecule is CCCNC1CCC(CC)CC1Sc1cnn(C)c1. The quantitative estimate of drug-likeness (QED) is 0.866. The number of nitrogens with one attached hydrogen (secondary N) is 1. The molecule has 1 aromatic heterocycles. The molecule has 0 radical (unpaired) electrons. The Kier molecular flexibility index (Phi) is 5.76. The Balaban J connectivity index is 1.97. The third-order valence-corrected chi connectivity index (χ3v) is 5.41. The fraction of sp³-hybridized carbons (Fsp3) is 0.800. The fourth-order valence-corrected chi connectivity index (χ4v) is 4.35. The van der Waals surface area contributed by atoms with Crippen LogP contribution in [0.2, 0.25) is 0 Å². The van der Waals surface area contributed by atoms with E-state index in [1.165, 1.54) is 37.0 Å². The van der Waals surface area contributed by atoms with E-state index in [4.69, 9.17) is 0 Å². The van der Waals surface area contributed by atoms with Gasteiger partial charge in [-0.15, -0.1) is 11.8 Å². The third-order valence-electron chi connectivity index (χ3n) is 4.10. The lowest BCUT2D eigenvalue weighted by Gasteiger charge is -2.36. The molecule has 1 heterocycles. The molecule has 0 bridgehead atoms. The van der Waals surface area contributed by atoms with Crippen molar-refractivity contribution in [3.05, 3.63) is 12.4 Å². The van der Waals surface area contributed by atoms with E-state index in [1.54, 1.807) is 0 Å².